The number of carbonyl (C=O) groups excluding carboxylic acids is 1. The maximum atomic E-state index is 11.7. The molecule has 88 valence electrons. The summed E-state index contributed by atoms with van der Waals surface area (Å²) in [7, 11) is 1.74. The number of hydrogen-bond donors (Lipinski definition) is 0. The fourth-order valence-electron chi connectivity index (χ4n) is 1.87. The van der Waals surface area contributed by atoms with Gasteiger partial charge in [0.05, 0.1) is 6.10 Å². The third kappa shape index (κ3) is 4.39. The number of likely N-dealkylation sites (tertiary alicyclic amines) is 1. The SMILES string of the molecule is COC1CCN(C(=O)CCCCCl)CC1. The van der Waals surface area contributed by atoms with Gasteiger partial charge in [-0.25, -0.2) is 0 Å². The van der Waals surface area contributed by atoms with Gasteiger partial charge in [0.15, 0.2) is 0 Å². The zero-order valence-electron chi connectivity index (χ0n) is 9.38. The molecule has 0 aliphatic carbocycles. The van der Waals surface area contributed by atoms with Gasteiger partial charge in [0.25, 0.3) is 0 Å². The molecule has 4 heteroatoms. The van der Waals surface area contributed by atoms with E-state index in [0.29, 0.717) is 18.4 Å². The summed E-state index contributed by atoms with van der Waals surface area (Å²) < 4.78 is 5.26. The van der Waals surface area contributed by atoms with Crippen LogP contribution in [0, 0.1) is 0 Å². The van der Waals surface area contributed by atoms with E-state index in [9.17, 15) is 4.79 Å². The molecule has 15 heavy (non-hydrogen) atoms. The van der Waals surface area contributed by atoms with E-state index in [-0.39, 0.29) is 5.91 Å². The standard InChI is InChI=1S/C11H20ClNO2/c1-15-10-5-8-13(9-6-10)11(14)4-2-3-7-12/h10H,2-9H2,1H3. The lowest BCUT2D eigenvalue weighted by molar-refractivity contribution is -0.133. The Hall–Kier alpha value is -0.280. The molecule has 0 aromatic carbocycles. The molecule has 0 atom stereocenters. The van der Waals surface area contributed by atoms with Crippen molar-refractivity contribution < 1.29 is 9.53 Å². The van der Waals surface area contributed by atoms with Crippen molar-refractivity contribution in [3.8, 4) is 0 Å². The number of amides is 1. The topological polar surface area (TPSA) is 29.5 Å². The summed E-state index contributed by atoms with van der Waals surface area (Å²) in [6, 6.07) is 0. The summed E-state index contributed by atoms with van der Waals surface area (Å²) >= 11 is 5.57. The monoisotopic (exact) mass is 233 g/mol. The lowest BCUT2D eigenvalue weighted by atomic mass is 10.1. The van der Waals surface area contributed by atoms with Crippen LogP contribution in [0.4, 0.5) is 0 Å². The van der Waals surface area contributed by atoms with Gasteiger partial charge in [0.2, 0.25) is 5.91 Å². The van der Waals surface area contributed by atoms with Crippen LogP contribution in [0.5, 0.6) is 0 Å². The van der Waals surface area contributed by atoms with E-state index in [1.54, 1.807) is 7.11 Å². The molecule has 1 rings (SSSR count). The van der Waals surface area contributed by atoms with Crippen LogP contribution in [-0.2, 0) is 9.53 Å². The molecule has 1 aliphatic rings. The quantitative estimate of drug-likeness (QED) is 0.537. The number of ether oxygens (including phenoxy) is 1. The van der Waals surface area contributed by atoms with E-state index < -0.39 is 0 Å². The second-order valence-electron chi connectivity index (χ2n) is 3.96. The van der Waals surface area contributed by atoms with Crippen molar-refractivity contribution >= 4 is 17.5 Å². The Bertz CT molecular complexity index is 191. The fraction of sp³-hybridized carbons (Fsp3) is 0.909. The highest BCUT2D eigenvalue weighted by Gasteiger charge is 2.21. The van der Waals surface area contributed by atoms with Crippen LogP contribution in [0.25, 0.3) is 0 Å². The van der Waals surface area contributed by atoms with Crippen LogP contribution < -0.4 is 0 Å². The molecule has 0 spiro atoms. The molecule has 3 nitrogen and oxygen atoms in total. The zero-order valence-corrected chi connectivity index (χ0v) is 10.1. The summed E-state index contributed by atoms with van der Waals surface area (Å²) in [4.78, 5) is 13.7. The minimum Gasteiger partial charge on any atom is -0.381 e. The van der Waals surface area contributed by atoms with E-state index in [1.165, 1.54) is 0 Å². The smallest absolute Gasteiger partial charge is 0.222 e. The second-order valence-corrected chi connectivity index (χ2v) is 4.34. The summed E-state index contributed by atoms with van der Waals surface area (Å²) in [6.07, 6.45) is 4.77. The highest BCUT2D eigenvalue weighted by molar-refractivity contribution is 6.17. The molecule has 0 aromatic heterocycles. The van der Waals surface area contributed by atoms with Gasteiger partial charge in [-0.1, -0.05) is 0 Å². The van der Waals surface area contributed by atoms with Gasteiger partial charge in [-0.05, 0) is 25.7 Å². The number of methoxy groups -OCH3 is 1. The molecule has 1 fully saturated rings. The predicted octanol–water partition coefficient (Wildman–Crippen LogP) is 2.03. The van der Waals surface area contributed by atoms with E-state index in [4.69, 9.17) is 16.3 Å². The average Bonchev–Trinajstić information content (AvgIpc) is 2.29. The minimum atomic E-state index is 0.273. The first-order chi connectivity index (χ1) is 7.27. The normalized spacial score (nSPS) is 18.1. The van der Waals surface area contributed by atoms with Gasteiger partial charge < -0.3 is 9.64 Å². The Kier molecular flexibility index (Phi) is 6.03. The Morgan fingerprint density at radius 2 is 2.07 bits per heavy atom. The van der Waals surface area contributed by atoms with Crippen LogP contribution in [0.3, 0.4) is 0 Å². The Balaban J connectivity index is 2.18. The highest BCUT2D eigenvalue weighted by Crippen LogP contribution is 2.14. The predicted molar refractivity (Wildman–Crippen MR) is 61.2 cm³/mol. The Labute approximate surface area is 96.7 Å². The van der Waals surface area contributed by atoms with Crippen LogP contribution >= 0.6 is 11.6 Å². The molecule has 0 bridgehead atoms. The van der Waals surface area contributed by atoms with E-state index in [0.717, 1.165) is 38.8 Å². The molecule has 0 saturated carbocycles. The van der Waals surface area contributed by atoms with Crippen molar-refractivity contribution in [3.05, 3.63) is 0 Å². The largest absolute Gasteiger partial charge is 0.381 e. The first-order valence-corrected chi connectivity index (χ1v) is 6.18. The first kappa shape index (κ1) is 12.8. The number of rotatable bonds is 5. The molecule has 1 amide bonds. The van der Waals surface area contributed by atoms with E-state index in [2.05, 4.69) is 0 Å². The maximum Gasteiger partial charge on any atom is 0.222 e. The lowest BCUT2D eigenvalue weighted by Gasteiger charge is -2.31. The third-order valence-electron chi connectivity index (χ3n) is 2.90. The molecule has 1 aliphatic heterocycles. The van der Waals surface area contributed by atoms with Crippen molar-refractivity contribution in [1.29, 1.82) is 0 Å². The van der Waals surface area contributed by atoms with Crippen LogP contribution in [0.2, 0.25) is 0 Å². The number of nitrogens with zero attached hydrogens (tertiary/aromatic N) is 1. The molecule has 0 unspecified atom stereocenters. The second kappa shape index (κ2) is 7.07. The van der Waals surface area contributed by atoms with E-state index in [1.807, 2.05) is 4.90 Å². The van der Waals surface area contributed by atoms with Crippen LogP contribution in [0.1, 0.15) is 32.1 Å². The van der Waals surface area contributed by atoms with Crippen LogP contribution in [0.15, 0.2) is 0 Å². The Morgan fingerprint density at radius 3 is 2.60 bits per heavy atom. The van der Waals surface area contributed by atoms with Crippen LogP contribution in [-0.4, -0.2) is 43.0 Å². The lowest BCUT2D eigenvalue weighted by Crippen LogP contribution is -2.40. The van der Waals surface area contributed by atoms with Crippen molar-refractivity contribution in [2.75, 3.05) is 26.1 Å². The summed E-state index contributed by atoms with van der Waals surface area (Å²) in [5.41, 5.74) is 0. The third-order valence-corrected chi connectivity index (χ3v) is 3.17. The first-order valence-electron chi connectivity index (χ1n) is 5.64. The number of halogens is 1. The summed E-state index contributed by atoms with van der Waals surface area (Å²) in [5, 5.41) is 0. The number of hydrogen-bond acceptors (Lipinski definition) is 2. The van der Waals surface area contributed by atoms with Crippen molar-refractivity contribution in [3.63, 3.8) is 0 Å². The number of carbonyl (C=O) groups is 1. The van der Waals surface area contributed by atoms with Crippen molar-refractivity contribution in [1.82, 2.24) is 4.90 Å². The maximum absolute atomic E-state index is 11.7. The Morgan fingerprint density at radius 1 is 1.40 bits per heavy atom. The molecule has 0 radical (unpaired) electrons. The van der Waals surface area contributed by atoms with Gasteiger partial charge in [-0.2, -0.15) is 0 Å². The summed E-state index contributed by atoms with van der Waals surface area (Å²) in [5.74, 6) is 0.925. The number of unbranched alkanes of at least 4 members (excludes halogenated alkanes) is 1. The fourth-order valence-corrected chi connectivity index (χ4v) is 2.06. The molecule has 0 aromatic rings. The van der Waals surface area contributed by atoms with Gasteiger partial charge in [-0.15, -0.1) is 11.6 Å². The van der Waals surface area contributed by atoms with Gasteiger partial charge in [0.1, 0.15) is 0 Å². The van der Waals surface area contributed by atoms with Gasteiger partial charge >= 0.3 is 0 Å². The van der Waals surface area contributed by atoms with Crippen molar-refractivity contribution in [2.24, 2.45) is 0 Å². The number of alkyl halides is 1. The molecule has 1 heterocycles. The molecule has 0 N–H and O–H groups in total. The number of piperidine rings is 1. The molecule has 1 saturated heterocycles. The highest BCUT2D eigenvalue weighted by atomic mass is 35.5. The molecular formula is C11H20ClNO2. The molecular weight excluding hydrogens is 214 g/mol. The minimum absolute atomic E-state index is 0.273. The van der Waals surface area contributed by atoms with E-state index >= 15 is 0 Å². The van der Waals surface area contributed by atoms with Gasteiger partial charge in [0, 0.05) is 32.5 Å². The summed E-state index contributed by atoms with van der Waals surface area (Å²) in [6.45, 7) is 1.69. The van der Waals surface area contributed by atoms with Gasteiger partial charge in [-0.3, -0.25) is 4.79 Å². The zero-order chi connectivity index (χ0) is 11.1. The average molecular weight is 234 g/mol. The van der Waals surface area contributed by atoms with Crippen molar-refractivity contribution in [2.45, 2.75) is 38.2 Å².